The van der Waals surface area contributed by atoms with E-state index < -0.39 is 0 Å². The zero-order valence-corrected chi connectivity index (χ0v) is 17.7. The first-order valence-corrected chi connectivity index (χ1v) is 10.2. The van der Waals surface area contributed by atoms with Crippen molar-refractivity contribution in [3.8, 4) is 10.4 Å². The maximum atomic E-state index is 12.4. The van der Waals surface area contributed by atoms with E-state index in [-0.39, 0.29) is 5.97 Å². The van der Waals surface area contributed by atoms with Gasteiger partial charge in [0.15, 0.2) is 5.11 Å². The molecule has 0 aliphatic heterocycles. The molecule has 0 amide bonds. The Morgan fingerprint density at radius 1 is 1.04 bits per heavy atom. The first-order chi connectivity index (χ1) is 13.5. The third kappa shape index (κ3) is 4.97. The third-order valence-corrected chi connectivity index (χ3v) is 5.30. The van der Waals surface area contributed by atoms with Crippen molar-refractivity contribution < 1.29 is 9.53 Å². The fourth-order valence-corrected chi connectivity index (χ4v) is 4.24. The summed E-state index contributed by atoms with van der Waals surface area (Å²) in [6.07, 6.45) is 0. The summed E-state index contributed by atoms with van der Waals surface area (Å²) in [6, 6.07) is 17.9. The predicted molar refractivity (Wildman–Crippen MR) is 121 cm³/mol. The van der Waals surface area contributed by atoms with Crippen molar-refractivity contribution in [3.05, 3.63) is 71.3 Å². The monoisotopic (exact) mass is 410 g/mol. The van der Waals surface area contributed by atoms with Gasteiger partial charge in [0.1, 0.15) is 5.00 Å². The molecule has 144 valence electrons. The van der Waals surface area contributed by atoms with Gasteiger partial charge in [-0.2, -0.15) is 0 Å². The molecule has 0 saturated heterocycles. The molecule has 0 aliphatic rings. The van der Waals surface area contributed by atoms with Crippen molar-refractivity contribution in [1.29, 1.82) is 0 Å². The van der Waals surface area contributed by atoms with Crippen LogP contribution in [0.5, 0.6) is 0 Å². The summed E-state index contributed by atoms with van der Waals surface area (Å²) in [7, 11) is 0. The van der Waals surface area contributed by atoms with Crippen LogP contribution in [-0.4, -0.2) is 17.7 Å². The minimum atomic E-state index is -0.363. The van der Waals surface area contributed by atoms with Crippen LogP contribution < -0.4 is 10.6 Å². The van der Waals surface area contributed by atoms with Crippen molar-refractivity contribution in [3.63, 3.8) is 0 Å². The molecule has 0 unspecified atom stereocenters. The van der Waals surface area contributed by atoms with Gasteiger partial charge in [0, 0.05) is 10.6 Å². The Bertz CT molecular complexity index is 977. The zero-order chi connectivity index (χ0) is 20.1. The Hall–Kier alpha value is -2.70. The SMILES string of the molecule is CCOC(=O)c1cc(-c2ccccc2)sc1NC(=S)Nc1cc(C)cc(C)c1. The molecule has 1 heterocycles. The molecule has 6 heteroatoms. The number of esters is 1. The van der Waals surface area contributed by atoms with Crippen LogP contribution in [0.1, 0.15) is 28.4 Å². The molecule has 2 N–H and O–H groups in total. The Morgan fingerprint density at radius 3 is 2.36 bits per heavy atom. The molecule has 0 fully saturated rings. The Balaban J connectivity index is 1.85. The molecule has 1 aromatic heterocycles. The van der Waals surface area contributed by atoms with E-state index in [1.54, 1.807) is 6.92 Å². The summed E-state index contributed by atoms with van der Waals surface area (Å²) >= 11 is 6.95. The summed E-state index contributed by atoms with van der Waals surface area (Å²) in [6.45, 7) is 6.19. The topological polar surface area (TPSA) is 50.4 Å². The molecule has 4 nitrogen and oxygen atoms in total. The van der Waals surface area contributed by atoms with Crippen LogP contribution in [0, 0.1) is 13.8 Å². The highest BCUT2D eigenvalue weighted by Gasteiger charge is 2.19. The second-order valence-electron chi connectivity index (χ2n) is 6.40. The van der Waals surface area contributed by atoms with Crippen LogP contribution in [0.4, 0.5) is 10.7 Å². The number of hydrogen-bond acceptors (Lipinski definition) is 4. The molecule has 0 radical (unpaired) electrons. The van der Waals surface area contributed by atoms with Crippen molar-refractivity contribution in [2.75, 3.05) is 17.2 Å². The van der Waals surface area contributed by atoms with E-state index in [9.17, 15) is 4.79 Å². The van der Waals surface area contributed by atoms with Gasteiger partial charge in [-0.15, -0.1) is 11.3 Å². The van der Waals surface area contributed by atoms with Crippen LogP contribution in [0.3, 0.4) is 0 Å². The van der Waals surface area contributed by atoms with Gasteiger partial charge in [-0.3, -0.25) is 0 Å². The Labute approximate surface area is 174 Å². The van der Waals surface area contributed by atoms with Gasteiger partial charge in [-0.25, -0.2) is 4.79 Å². The van der Waals surface area contributed by atoms with Gasteiger partial charge in [-0.05, 0) is 67.9 Å². The van der Waals surface area contributed by atoms with E-state index in [2.05, 4.69) is 16.7 Å². The Morgan fingerprint density at radius 2 is 1.71 bits per heavy atom. The molecular weight excluding hydrogens is 388 g/mol. The first-order valence-electron chi connectivity index (χ1n) is 8.99. The number of rotatable bonds is 5. The van der Waals surface area contributed by atoms with E-state index >= 15 is 0 Å². The molecule has 0 atom stereocenters. The number of aryl methyl sites for hydroxylation is 2. The number of benzene rings is 2. The number of thiophene rings is 1. The summed E-state index contributed by atoms with van der Waals surface area (Å²) < 4.78 is 5.21. The smallest absolute Gasteiger partial charge is 0.341 e. The summed E-state index contributed by atoms with van der Waals surface area (Å²) in [5.74, 6) is -0.363. The molecule has 0 aliphatic carbocycles. The lowest BCUT2D eigenvalue weighted by molar-refractivity contribution is 0.0528. The minimum Gasteiger partial charge on any atom is -0.462 e. The molecule has 3 rings (SSSR count). The maximum Gasteiger partial charge on any atom is 0.341 e. The van der Waals surface area contributed by atoms with Crippen molar-refractivity contribution in [1.82, 2.24) is 0 Å². The van der Waals surface area contributed by atoms with Gasteiger partial charge in [0.25, 0.3) is 0 Å². The molecule has 0 saturated carbocycles. The predicted octanol–water partition coefficient (Wildman–Crippen LogP) is 6.02. The largest absolute Gasteiger partial charge is 0.462 e. The van der Waals surface area contributed by atoms with E-state index in [1.807, 2.05) is 62.4 Å². The van der Waals surface area contributed by atoms with Crippen LogP contribution in [0.2, 0.25) is 0 Å². The van der Waals surface area contributed by atoms with Gasteiger partial charge in [-0.1, -0.05) is 36.4 Å². The van der Waals surface area contributed by atoms with Gasteiger partial charge < -0.3 is 15.4 Å². The van der Waals surface area contributed by atoms with Crippen LogP contribution >= 0.6 is 23.6 Å². The van der Waals surface area contributed by atoms with E-state index in [1.165, 1.54) is 11.3 Å². The van der Waals surface area contributed by atoms with Gasteiger partial charge in [0.2, 0.25) is 0 Å². The summed E-state index contributed by atoms with van der Waals surface area (Å²) in [5.41, 5.74) is 4.74. The van der Waals surface area contributed by atoms with Crippen molar-refractivity contribution in [2.24, 2.45) is 0 Å². The van der Waals surface area contributed by atoms with Gasteiger partial charge in [0.05, 0.1) is 12.2 Å². The second-order valence-corrected chi connectivity index (χ2v) is 7.86. The minimum absolute atomic E-state index is 0.319. The standard InChI is InChI=1S/C22H22N2O2S2/c1-4-26-21(25)18-13-19(16-8-6-5-7-9-16)28-20(18)24-22(27)23-17-11-14(2)10-15(3)12-17/h5-13H,4H2,1-3H3,(H2,23,24,27). The lowest BCUT2D eigenvalue weighted by atomic mass is 10.1. The quantitative estimate of drug-likeness (QED) is 0.398. The maximum absolute atomic E-state index is 12.4. The highest BCUT2D eigenvalue weighted by molar-refractivity contribution is 7.80. The molecule has 28 heavy (non-hydrogen) atoms. The number of hydrogen-bond donors (Lipinski definition) is 2. The van der Waals surface area contributed by atoms with E-state index in [4.69, 9.17) is 17.0 Å². The number of nitrogens with one attached hydrogen (secondary N) is 2. The van der Waals surface area contributed by atoms with Crippen molar-refractivity contribution in [2.45, 2.75) is 20.8 Å². The molecule has 2 aromatic carbocycles. The second kappa shape index (κ2) is 8.99. The molecular formula is C22H22N2O2S2. The van der Waals surface area contributed by atoms with Crippen LogP contribution in [-0.2, 0) is 4.74 Å². The normalized spacial score (nSPS) is 10.4. The third-order valence-electron chi connectivity index (χ3n) is 3.99. The number of ether oxygens (including phenoxy) is 1. The number of thiocarbonyl (C=S) groups is 1. The number of carbonyl (C=O) groups excluding carboxylic acids is 1. The summed E-state index contributed by atoms with van der Waals surface area (Å²) in [4.78, 5) is 13.4. The molecule has 3 aromatic rings. The van der Waals surface area contributed by atoms with E-state index in [0.717, 1.165) is 27.3 Å². The molecule has 0 spiro atoms. The highest BCUT2D eigenvalue weighted by Crippen LogP contribution is 2.36. The average Bonchev–Trinajstić information content (AvgIpc) is 3.05. The zero-order valence-electron chi connectivity index (χ0n) is 16.0. The Kier molecular flexibility index (Phi) is 6.44. The number of carbonyl (C=O) groups is 1. The fraction of sp³-hybridized carbons (Fsp3) is 0.182. The lowest BCUT2D eigenvalue weighted by Gasteiger charge is -2.12. The van der Waals surface area contributed by atoms with E-state index in [0.29, 0.717) is 22.3 Å². The molecule has 0 bridgehead atoms. The van der Waals surface area contributed by atoms with Crippen LogP contribution in [0.15, 0.2) is 54.6 Å². The average molecular weight is 411 g/mol. The van der Waals surface area contributed by atoms with Gasteiger partial charge >= 0.3 is 5.97 Å². The fourth-order valence-electron chi connectivity index (χ4n) is 2.90. The summed E-state index contributed by atoms with van der Waals surface area (Å²) in [5, 5.41) is 7.45. The number of anilines is 2. The highest BCUT2D eigenvalue weighted by atomic mass is 32.1. The first kappa shape index (κ1) is 20.0. The lowest BCUT2D eigenvalue weighted by Crippen LogP contribution is -2.20. The van der Waals surface area contributed by atoms with Crippen LogP contribution in [0.25, 0.3) is 10.4 Å². The van der Waals surface area contributed by atoms with Crippen molar-refractivity contribution >= 4 is 45.3 Å².